The largest absolute Gasteiger partial charge is 0.375 e. The molecule has 0 radical (unpaired) electrons. The molecule has 25 heavy (non-hydrogen) atoms. The van der Waals surface area contributed by atoms with Gasteiger partial charge in [-0.25, -0.2) is 0 Å². The van der Waals surface area contributed by atoms with Crippen molar-refractivity contribution >= 4 is 27.5 Å². The number of aromatic nitrogens is 1. The lowest BCUT2D eigenvalue weighted by Crippen LogP contribution is -2.47. The normalized spacial score (nSPS) is 17.6. The predicted octanol–water partition coefficient (Wildman–Crippen LogP) is 4.00. The molecule has 1 saturated heterocycles. The van der Waals surface area contributed by atoms with Crippen LogP contribution in [0.15, 0.2) is 47.1 Å². The van der Waals surface area contributed by atoms with Crippen molar-refractivity contribution in [3.05, 3.63) is 63.3 Å². The van der Waals surface area contributed by atoms with Gasteiger partial charge in [0.2, 0.25) is 0 Å². The van der Waals surface area contributed by atoms with Crippen LogP contribution in [0.1, 0.15) is 17.4 Å². The lowest BCUT2D eigenvalue weighted by molar-refractivity contribution is 0.0403. The molecule has 0 amide bonds. The van der Waals surface area contributed by atoms with E-state index in [-0.39, 0.29) is 6.10 Å². The Kier molecular flexibility index (Phi) is 6.84. The van der Waals surface area contributed by atoms with E-state index in [1.54, 1.807) is 7.11 Å². The number of hydrogen-bond acceptors (Lipinski definition) is 4. The van der Waals surface area contributed by atoms with Gasteiger partial charge in [-0.3, -0.25) is 14.8 Å². The van der Waals surface area contributed by atoms with Crippen molar-refractivity contribution in [2.75, 3.05) is 39.8 Å². The third kappa shape index (κ3) is 5.50. The topological polar surface area (TPSA) is 28.6 Å². The van der Waals surface area contributed by atoms with Crippen LogP contribution in [0.25, 0.3) is 0 Å². The Morgan fingerprint density at radius 1 is 1.08 bits per heavy atom. The Morgan fingerprint density at radius 3 is 2.36 bits per heavy atom. The molecule has 0 aliphatic carbocycles. The number of pyridine rings is 1. The molecule has 1 aromatic heterocycles. The van der Waals surface area contributed by atoms with Crippen molar-refractivity contribution in [2.45, 2.75) is 12.6 Å². The molecule has 2 aromatic rings. The van der Waals surface area contributed by atoms with Gasteiger partial charge in [-0.1, -0.05) is 23.7 Å². The van der Waals surface area contributed by atoms with Gasteiger partial charge in [0.25, 0.3) is 0 Å². The lowest BCUT2D eigenvalue weighted by Gasteiger charge is -2.36. The summed E-state index contributed by atoms with van der Waals surface area (Å²) in [5.41, 5.74) is 2.29. The van der Waals surface area contributed by atoms with Gasteiger partial charge >= 0.3 is 0 Å². The summed E-state index contributed by atoms with van der Waals surface area (Å²) < 4.78 is 6.72. The summed E-state index contributed by atoms with van der Waals surface area (Å²) in [7, 11) is 1.77. The van der Waals surface area contributed by atoms with Crippen LogP contribution in [0.4, 0.5) is 0 Å². The third-order valence-corrected chi connectivity index (χ3v) is 5.31. The molecule has 3 rings (SSSR count). The summed E-state index contributed by atoms with van der Waals surface area (Å²) in [6, 6.07) is 12.1. The Hall–Kier alpha value is -0.980. The van der Waals surface area contributed by atoms with Gasteiger partial charge in [-0.05, 0) is 45.8 Å². The SMILES string of the molecule is CO[C@H](CN1CCN(Cc2ccc(Br)cn2)CC1)c1ccc(Cl)cc1. The Bertz CT molecular complexity index is 657. The van der Waals surface area contributed by atoms with Gasteiger partial charge in [0.1, 0.15) is 0 Å². The summed E-state index contributed by atoms with van der Waals surface area (Å²) in [6.07, 6.45) is 1.94. The molecule has 6 heteroatoms. The van der Waals surface area contributed by atoms with Crippen LogP contribution in [0.5, 0.6) is 0 Å². The Labute approximate surface area is 162 Å². The second kappa shape index (κ2) is 9.10. The van der Waals surface area contributed by atoms with Crippen molar-refractivity contribution in [2.24, 2.45) is 0 Å². The average Bonchev–Trinajstić information content (AvgIpc) is 2.64. The minimum absolute atomic E-state index is 0.0805. The van der Waals surface area contributed by atoms with Crippen molar-refractivity contribution in [3.63, 3.8) is 0 Å². The summed E-state index contributed by atoms with van der Waals surface area (Å²) in [4.78, 5) is 9.39. The smallest absolute Gasteiger partial charge is 0.0947 e. The van der Waals surface area contributed by atoms with Crippen LogP contribution >= 0.6 is 27.5 Å². The highest BCUT2D eigenvalue weighted by molar-refractivity contribution is 9.10. The number of benzene rings is 1. The van der Waals surface area contributed by atoms with Gasteiger partial charge in [0.15, 0.2) is 0 Å². The first-order chi connectivity index (χ1) is 12.1. The number of nitrogens with zero attached hydrogens (tertiary/aromatic N) is 3. The van der Waals surface area contributed by atoms with Crippen LogP contribution < -0.4 is 0 Å². The number of halogens is 2. The lowest BCUT2D eigenvalue weighted by atomic mass is 10.1. The number of hydrogen-bond donors (Lipinski definition) is 0. The van der Waals surface area contributed by atoms with Gasteiger partial charge in [0.05, 0.1) is 11.8 Å². The van der Waals surface area contributed by atoms with E-state index in [2.05, 4.69) is 36.8 Å². The standard InChI is InChI=1S/C19H23BrClN3O/c1-25-19(15-2-5-17(21)6-3-15)14-24-10-8-23(9-11-24)13-18-7-4-16(20)12-22-18/h2-7,12,19H,8-11,13-14H2,1H3/t19-/m1/s1. The first-order valence-corrected chi connectivity index (χ1v) is 9.64. The molecule has 0 unspecified atom stereocenters. The quantitative estimate of drug-likeness (QED) is 0.701. The Morgan fingerprint density at radius 2 is 1.76 bits per heavy atom. The molecule has 2 heterocycles. The molecule has 1 fully saturated rings. The van der Waals surface area contributed by atoms with Crippen molar-refractivity contribution in [1.29, 1.82) is 0 Å². The van der Waals surface area contributed by atoms with E-state index in [0.717, 1.165) is 54.5 Å². The third-order valence-electron chi connectivity index (χ3n) is 4.59. The molecular weight excluding hydrogens is 402 g/mol. The fraction of sp³-hybridized carbons (Fsp3) is 0.421. The highest BCUT2D eigenvalue weighted by Gasteiger charge is 2.21. The van der Waals surface area contributed by atoms with Crippen molar-refractivity contribution in [3.8, 4) is 0 Å². The van der Waals surface area contributed by atoms with E-state index >= 15 is 0 Å². The van der Waals surface area contributed by atoms with E-state index in [4.69, 9.17) is 16.3 Å². The number of methoxy groups -OCH3 is 1. The average molecular weight is 425 g/mol. The molecule has 0 N–H and O–H groups in total. The van der Waals surface area contributed by atoms with Gasteiger partial charge in [-0.2, -0.15) is 0 Å². The van der Waals surface area contributed by atoms with Crippen molar-refractivity contribution in [1.82, 2.24) is 14.8 Å². The van der Waals surface area contributed by atoms with Gasteiger partial charge in [0, 0.05) is 62.1 Å². The molecule has 1 aromatic carbocycles. The van der Waals surface area contributed by atoms with Crippen LogP contribution in [-0.4, -0.2) is 54.6 Å². The van der Waals surface area contributed by atoms with Crippen LogP contribution in [0, 0.1) is 0 Å². The van der Waals surface area contributed by atoms with Gasteiger partial charge < -0.3 is 4.74 Å². The van der Waals surface area contributed by atoms with E-state index < -0.39 is 0 Å². The molecule has 0 bridgehead atoms. The second-order valence-electron chi connectivity index (χ2n) is 6.32. The number of piperazine rings is 1. The molecule has 1 atom stereocenters. The molecule has 4 nitrogen and oxygen atoms in total. The van der Waals surface area contributed by atoms with Crippen molar-refractivity contribution < 1.29 is 4.74 Å². The molecule has 134 valence electrons. The minimum Gasteiger partial charge on any atom is -0.375 e. The van der Waals surface area contributed by atoms with Crippen LogP contribution in [0.2, 0.25) is 5.02 Å². The second-order valence-corrected chi connectivity index (χ2v) is 7.67. The molecular formula is C19H23BrClN3O. The number of ether oxygens (including phenoxy) is 1. The Balaban J connectivity index is 1.49. The fourth-order valence-corrected chi connectivity index (χ4v) is 3.45. The summed E-state index contributed by atoms with van der Waals surface area (Å²) in [5, 5.41) is 0.758. The van der Waals surface area contributed by atoms with E-state index in [1.165, 1.54) is 5.56 Å². The molecule has 1 aliphatic heterocycles. The molecule has 1 aliphatic rings. The zero-order valence-corrected chi connectivity index (χ0v) is 16.7. The van der Waals surface area contributed by atoms with E-state index in [0.29, 0.717) is 0 Å². The summed E-state index contributed by atoms with van der Waals surface area (Å²) in [6.45, 7) is 6.01. The first kappa shape index (κ1) is 18.8. The zero-order valence-electron chi connectivity index (χ0n) is 14.4. The van der Waals surface area contributed by atoms with E-state index in [1.807, 2.05) is 36.5 Å². The maximum Gasteiger partial charge on any atom is 0.0947 e. The minimum atomic E-state index is 0.0805. The van der Waals surface area contributed by atoms with E-state index in [9.17, 15) is 0 Å². The predicted molar refractivity (Wildman–Crippen MR) is 105 cm³/mol. The maximum atomic E-state index is 5.98. The highest BCUT2D eigenvalue weighted by atomic mass is 79.9. The molecule has 0 saturated carbocycles. The summed E-state index contributed by atoms with van der Waals surface area (Å²) in [5.74, 6) is 0. The molecule has 0 spiro atoms. The number of rotatable bonds is 6. The maximum absolute atomic E-state index is 5.98. The van der Waals surface area contributed by atoms with Crippen LogP contribution in [-0.2, 0) is 11.3 Å². The summed E-state index contributed by atoms with van der Waals surface area (Å²) >= 11 is 9.41. The van der Waals surface area contributed by atoms with Crippen LogP contribution in [0.3, 0.4) is 0 Å². The zero-order chi connectivity index (χ0) is 17.6. The fourth-order valence-electron chi connectivity index (χ4n) is 3.09. The highest BCUT2D eigenvalue weighted by Crippen LogP contribution is 2.21. The monoisotopic (exact) mass is 423 g/mol. The first-order valence-electron chi connectivity index (χ1n) is 8.47. The van der Waals surface area contributed by atoms with Gasteiger partial charge in [-0.15, -0.1) is 0 Å².